The van der Waals surface area contributed by atoms with E-state index in [1.807, 2.05) is 0 Å². The molecule has 0 atom stereocenters. The monoisotopic (exact) mass is 235 g/mol. The quantitative estimate of drug-likeness (QED) is 0.657. The van der Waals surface area contributed by atoms with E-state index < -0.39 is 0 Å². The minimum atomic E-state index is 0.974. The van der Waals surface area contributed by atoms with E-state index in [0.29, 0.717) is 0 Å². The first-order valence-corrected chi connectivity index (χ1v) is 6.71. The van der Waals surface area contributed by atoms with Crippen molar-refractivity contribution in [2.24, 2.45) is 0 Å². The highest BCUT2D eigenvalue weighted by Gasteiger charge is 2.17. The van der Waals surface area contributed by atoms with Crippen LogP contribution < -0.4 is 4.48 Å². The van der Waals surface area contributed by atoms with E-state index >= 15 is 0 Å². The second kappa shape index (κ2) is 6.77. The number of benzene rings is 1. The van der Waals surface area contributed by atoms with Crippen molar-refractivity contribution in [3.63, 3.8) is 0 Å². The summed E-state index contributed by atoms with van der Waals surface area (Å²) in [7, 11) is 4.58. The largest absolute Gasteiger partial charge is 0.304 e. The molecule has 1 aromatic rings. The molecule has 0 saturated carbocycles. The van der Waals surface area contributed by atoms with Gasteiger partial charge in [0.05, 0.1) is 20.6 Å². The van der Waals surface area contributed by atoms with E-state index in [0.717, 1.165) is 17.6 Å². The van der Waals surface area contributed by atoms with Gasteiger partial charge < -0.3 is 4.90 Å². The molecule has 96 valence electrons. The highest BCUT2D eigenvalue weighted by Crippen LogP contribution is 2.18. The molecule has 2 nitrogen and oxygen atoms in total. The van der Waals surface area contributed by atoms with E-state index in [-0.39, 0.29) is 0 Å². The fourth-order valence-corrected chi connectivity index (χ4v) is 2.19. The Kier molecular flexibility index (Phi) is 5.66. The van der Waals surface area contributed by atoms with Crippen LogP contribution in [0.15, 0.2) is 30.3 Å². The minimum Gasteiger partial charge on any atom is -0.304 e. The lowest BCUT2D eigenvalue weighted by Crippen LogP contribution is -2.42. The Morgan fingerprint density at radius 3 is 2.12 bits per heavy atom. The number of quaternary nitrogens is 1. The van der Waals surface area contributed by atoms with Crippen molar-refractivity contribution < 1.29 is 0 Å². The molecule has 0 amide bonds. The lowest BCUT2D eigenvalue weighted by atomic mass is 10.2. The summed E-state index contributed by atoms with van der Waals surface area (Å²) < 4.78 is 0.974. The van der Waals surface area contributed by atoms with Gasteiger partial charge in [0.25, 0.3) is 0 Å². The summed E-state index contributed by atoms with van der Waals surface area (Å²) in [5.74, 6) is 0. The van der Waals surface area contributed by atoms with Gasteiger partial charge >= 0.3 is 0 Å². The van der Waals surface area contributed by atoms with E-state index in [1.165, 1.54) is 25.2 Å². The van der Waals surface area contributed by atoms with Crippen LogP contribution in [0.2, 0.25) is 0 Å². The van der Waals surface area contributed by atoms with Crippen molar-refractivity contribution in [2.45, 2.75) is 20.3 Å². The molecular formula is C15H27N2+. The second-order valence-electron chi connectivity index (χ2n) is 5.12. The maximum atomic E-state index is 2.49. The van der Waals surface area contributed by atoms with E-state index in [4.69, 9.17) is 0 Å². The predicted octanol–water partition coefficient (Wildman–Crippen LogP) is 2.99. The Morgan fingerprint density at radius 2 is 1.59 bits per heavy atom. The highest BCUT2D eigenvalue weighted by atomic mass is 15.3. The van der Waals surface area contributed by atoms with Gasteiger partial charge in [-0.1, -0.05) is 32.0 Å². The molecule has 0 aliphatic heterocycles. The van der Waals surface area contributed by atoms with Crippen LogP contribution in [0, 0.1) is 0 Å². The van der Waals surface area contributed by atoms with Crippen LogP contribution in [0.25, 0.3) is 0 Å². The third-order valence-electron chi connectivity index (χ3n) is 3.54. The van der Waals surface area contributed by atoms with Crippen molar-refractivity contribution in [1.29, 1.82) is 0 Å². The molecule has 0 N–H and O–H groups in total. The standard InChI is InChI=1S/C15H27N2/c1-5-16(6-2)13-10-14-17(3,4)15-11-8-7-9-12-15/h7-9,11-12H,5-6,10,13-14H2,1-4H3/q+1. The van der Waals surface area contributed by atoms with Crippen LogP contribution in [-0.4, -0.2) is 45.2 Å². The maximum Gasteiger partial charge on any atom is 0.132 e. The molecule has 0 saturated heterocycles. The number of hydrogen-bond acceptors (Lipinski definition) is 1. The van der Waals surface area contributed by atoms with E-state index in [9.17, 15) is 0 Å². The maximum absolute atomic E-state index is 2.49. The van der Waals surface area contributed by atoms with Gasteiger partial charge in [0.15, 0.2) is 0 Å². The van der Waals surface area contributed by atoms with Crippen molar-refractivity contribution in [3.05, 3.63) is 30.3 Å². The molecule has 0 spiro atoms. The number of para-hydroxylation sites is 1. The first kappa shape index (κ1) is 14.2. The molecule has 1 aromatic carbocycles. The molecule has 17 heavy (non-hydrogen) atoms. The zero-order valence-electron chi connectivity index (χ0n) is 11.8. The first-order valence-electron chi connectivity index (χ1n) is 6.71. The van der Waals surface area contributed by atoms with Crippen molar-refractivity contribution in [2.75, 3.05) is 40.3 Å². The molecule has 0 bridgehead atoms. The van der Waals surface area contributed by atoms with Gasteiger partial charge in [0.2, 0.25) is 0 Å². The summed E-state index contributed by atoms with van der Waals surface area (Å²) in [4.78, 5) is 2.49. The third-order valence-corrected chi connectivity index (χ3v) is 3.54. The number of rotatable bonds is 7. The molecule has 0 aromatic heterocycles. The fourth-order valence-electron chi connectivity index (χ4n) is 2.19. The van der Waals surface area contributed by atoms with Crippen LogP contribution in [0.5, 0.6) is 0 Å². The fraction of sp³-hybridized carbons (Fsp3) is 0.600. The Hall–Kier alpha value is -0.860. The Bertz CT molecular complexity index is 302. The SMILES string of the molecule is CCN(CC)CCC[N+](C)(C)c1ccccc1. The zero-order chi connectivity index (χ0) is 12.7. The lowest BCUT2D eigenvalue weighted by molar-refractivity contribution is 0.277. The van der Waals surface area contributed by atoms with Gasteiger partial charge in [-0.05, 0) is 25.2 Å². The Labute approximate surface area is 106 Å². The van der Waals surface area contributed by atoms with Gasteiger partial charge in [-0.3, -0.25) is 4.48 Å². The third kappa shape index (κ3) is 4.49. The van der Waals surface area contributed by atoms with Crippen LogP contribution >= 0.6 is 0 Å². The molecule has 0 unspecified atom stereocenters. The van der Waals surface area contributed by atoms with Gasteiger partial charge in [0.1, 0.15) is 5.69 Å². The molecular weight excluding hydrogens is 208 g/mol. The van der Waals surface area contributed by atoms with Crippen LogP contribution in [0.3, 0.4) is 0 Å². The summed E-state index contributed by atoms with van der Waals surface area (Å²) in [6, 6.07) is 10.8. The Balaban J connectivity index is 2.45. The van der Waals surface area contributed by atoms with E-state index in [1.54, 1.807) is 0 Å². The number of nitrogens with zero attached hydrogens (tertiary/aromatic N) is 2. The predicted molar refractivity (Wildman–Crippen MR) is 77.4 cm³/mol. The number of hydrogen-bond donors (Lipinski definition) is 0. The van der Waals surface area contributed by atoms with Crippen LogP contribution in [-0.2, 0) is 0 Å². The molecule has 2 heteroatoms. The van der Waals surface area contributed by atoms with Gasteiger partial charge in [-0.2, -0.15) is 0 Å². The summed E-state index contributed by atoms with van der Waals surface area (Å²) in [5, 5.41) is 0. The van der Waals surface area contributed by atoms with Gasteiger partial charge in [-0.15, -0.1) is 0 Å². The lowest BCUT2D eigenvalue weighted by Gasteiger charge is -2.30. The molecule has 0 aliphatic rings. The molecule has 0 aliphatic carbocycles. The van der Waals surface area contributed by atoms with E-state index in [2.05, 4.69) is 63.2 Å². The highest BCUT2D eigenvalue weighted by molar-refractivity contribution is 5.40. The van der Waals surface area contributed by atoms with Gasteiger partial charge in [0, 0.05) is 13.0 Å². The van der Waals surface area contributed by atoms with Crippen LogP contribution in [0.4, 0.5) is 5.69 Å². The minimum absolute atomic E-state index is 0.974. The molecule has 1 rings (SSSR count). The average molecular weight is 235 g/mol. The Morgan fingerprint density at radius 1 is 1.00 bits per heavy atom. The van der Waals surface area contributed by atoms with Crippen LogP contribution in [0.1, 0.15) is 20.3 Å². The second-order valence-corrected chi connectivity index (χ2v) is 5.12. The first-order chi connectivity index (χ1) is 8.10. The summed E-state index contributed by atoms with van der Waals surface area (Å²) in [6.07, 6.45) is 1.25. The molecule has 0 heterocycles. The van der Waals surface area contributed by atoms with Crippen molar-refractivity contribution in [1.82, 2.24) is 9.38 Å². The molecule has 0 fully saturated rings. The smallest absolute Gasteiger partial charge is 0.132 e. The normalized spacial score (nSPS) is 12.1. The summed E-state index contributed by atoms with van der Waals surface area (Å²) >= 11 is 0. The topological polar surface area (TPSA) is 3.24 Å². The van der Waals surface area contributed by atoms with Crippen molar-refractivity contribution in [3.8, 4) is 0 Å². The summed E-state index contributed by atoms with van der Waals surface area (Å²) in [5.41, 5.74) is 1.40. The van der Waals surface area contributed by atoms with Crippen molar-refractivity contribution >= 4 is 5.69 Å². The average Bonchev–Trinajstić information content (AvgIpc) is 2.36. The van der Waals surface area contributed by atoms with Gasteiger partial charge in [-0.25, -0.2) is 0 Å². The summed E-state index contributed by atoms with van der Waals surface area (Å²) in [6.45, 7) is 9.20. The molecule has 0 radical (unpaired) electrons. The zero-order valence-corrected chi connectivity index (χ0v) is 11.8.